The molecule has 0 aliphatic rings. The molecule has 0 aromatic heterocycles. The summed E-state index contributed by atoms with van der Waals surface area (Å²) in [5, 5.41) is 0. The Balaban J connectivity index is 3.09. The van der Waals surface area contributed by atoms with Gasteiger partial charge >= 0.3 is 5.51 Å². The SMILES string of the molecule is Cc1c(F)cc(F)cc1SC(F)(F)F. The first kappa shape index (κ1) is 11.3. The van der Waals surface area contributed by atoms with Gasteiger partial charge in [0, 0.05) is 11.0 Å². The van der Waals surface area contributed by atoms with Crippen molar-refractivity contribution in [2.24, 2.45) is 0 Å². The zero-order valence-electron chi connectivity index (χ0n) is 6.95. The van der Waals surface area contributed by atoms with Crippen LogP contribution in [0.4, 0.5) is 22.0 Å². The number of rotatable bonds is 1. The van der Waals surface area contributed by atoms with Crippen LogP contribution in [-0.4, -0.2) is 5.51 Å². The number of halogens is 5. The number of alkyl halides is 3. The Bertz CT molecular complexity index is 344. The van der Waals surface area contributed by atoms with Crippen LogP contribution in [0.5, 0.6) is 0 Å². The van der Waals surface area contributed by atoms with Gasteiger partial charge in [-0.25, -0.2) is 8.78 Å². The van der Waals surface area contributed by atoms with Gasteiger partial charge in [-0.3, -0.25) is 0 Å². The maximum atomic E-state index is 12.8. The molecule has 0 radical (unpaired) electrons. The molecule has 0 spiro atoms. The first-order valence-corrected chi connectivity index (χ1v) is 4.32. The van der Waals surface area contributed by atoms with E-state index in [2.05, 4.69) is 0 Å². The maximum Gasteiger partial charge on any atom is 0.446 e. The van der Waals surface area contributed by atoms with Crippen LogP contribution in [0.15, 0.2) is 17.0 Å². The molecule has 0 unspecified atom stereocenters. The Morgan fingerprint density at radius 2 is 1.71 bits per heavy atom. The molecule has 0 aliphatic carbocycles. The first-order chi connectivity index (χ1) is 6.29. The summed E-state index contributed by atoms with van der Waals surface area (Å²) < 4.78 is 61.1. The van der Waals surface area contributed by atoms with Gasteiger partial charge in [-0.1, -0.05) is 0 Å². The number of hydrogen-bond acceptors (Lipinski definition) is 1. The minimum absolute atomic E-state index is 0.200. The van der Waals surface area contributed by atoms with Gasteiger partial charge in [0.05, 0.1) is 0 Å². The summed E-state index contributed by atoms with van der Waals surface area (Å²) in [6.45, 7) is 1.17. The highest BCUT2D eigenvalue weighted by Gasteiger charge is 2.30. The van der Waals surface area contributed by atoms with Crippen molar-refractivity contribution in [3.63, 3.8) is 0 Å². The van der Waals surface area contributed by atoms with Crippen LogP contribution in [0.1, 0.15) is 5.56 Å². The molecule has 78 valence electrons. The van der Waals surface area contributed by atoms with Crippen LogP contribution in [0.3, 0.4) is 0 Å². The topological polar surface area (TPSA) is 0 Å². The standard InChI is InChI=1S/C8H5F5S/c1-4-6(10)2-5(9)3-7(4)14-8(11,12)13/h2-3H,1H3. The van der Waals surface area contributed by atoms with E-state index in [0.717, 1.165) is 0 Å². The van der Waals surface area contributed by atoms with Crippen molar-refractivity contribution >= 4 is 11.8 Å². The largest absolute Gasteiger partial charge is 0.446 e. The average molecular weight is 228 g/mol. The lowest BCUT2D eigenvalue weighted by Gasteiger charge is -2.08. The van der Waals surface area contributed by atoms with Gasteiger partial charge in [-0.2, -0.15) is 13.2 Å². The van der Waals surface area contributed by atoms with E-state index in [0.29, 0.717) is 12.1 Å². The highest BCUT2D eigenvalue weighted by Crippen LogP contribution is 2.39. The zero-order chi connectivity index (χ0) is 10.9. The second-order valence-electron chi connectivity index (χ2n) is 2.56. The molecule has 0 bridgehead atoms. The van der Waals surface area contributed by atoms with Crippen LogP contribution in [0, 0.1) is 18.6 Å². The lowest BCUT2D eigenvalue weighted by atomic mass is 10.2. The molecule has 0 aliphatic heterocycles. The van der Waals surface area contributed by atoms with E-state index in [1.807, 2.05) is 0 Å². The molecular weight excluding hydrogens is 223 g/mol. The summed E-state index contributed by atoms with van der Waals surface area (Å²) >= 11 is -0.524. The summed E-state index contributed by atoms with van der Waals surface area (Å²) in [4.78, 5) is -0.449. The summed E-state index contributed by atoms with van der Waals surface area (Å²) in [5.74, 6) is -1.99. The van der Waals surface area contributed by atoms with Gasteiger partial charge in [0.15, 0.2) is 0 Å². The summed E-state index contributed by atoms with van der Waals surface area (Å²) in [5.41, 5.74) is -4.74. The molecule has 0 fully saturated rings. The molecule has 0 nitrogen and oxygen atoms in total. The van der Waals surface area contributed by atoms with Crippen LogP contribution in [-0.2, 0) is 0 Å². The molecule has 1 rings (SSSR count). The fourth-order valence-corrected chi connectivity index (χ4v) is 1.52. The summed E-state index contributed by atoms with van der Waals surface area (Å²) in [7, 11) is 0. The molecular formula is C8H5F5S. The van der Waals surface area contributed by atoms with Gasteiger partial charge in [0.1, 0.15) is 11.6 Å². The lowest BCUT2D eigenvalue weighted by molar-refractivity contribution is -0.0328. The molecule has 0 saturated carbocycles. The Morgan fingerprint density at radius 3 is 2.21 bits per heavy atom. The van der Waals surface area contributed by atoms with E-state index in [1.165, 1.54) is 6.92 Å². The predicted octanol–water partition coefficient (Wildman–Crippen LogP) is 3.89. The van der Waals surface area contributed by atoms with Gasteiger partial charge < -0.3 is 0 Å². The minimum atomic E-state index is -4.54. The second-order valence-corrected chi connectivity index (χ2v) is 3.67. The quantitative estimate of drug-likeness (QED) is 0.519. The minimum Gasteiger partial charge on any atom is -0.207 e. The molecule has 1 aromatic carbocycles. The van der Waals surface area contributed by atoms with Crippen molar-refractivity contribution in [2.75, 3.05) is 0 Å². The molecule has 0 amide bonds. The van der Waals surface area contributed by atoms with Crippen LogP contribution >= 0.6 is 11.8 Å². The van der Waals surface area contributed by atoms with Gasteiger partial charge in [0.25, 0.3) is 0 Å². The van der Waals surface area contributed by atoms with E-state index >= 15 is 0 Å². The van der Waals surface area contributed by atoms with Crippen LogP contribution in [0.25, 0.3) is 0 Å². The Morgan fingerprint density at radius 1 is 1.14 bits per heavy atom. The van der Waals surface area contributed by atoms with Crippen LogP contribution < -0.4 is 0 Å². The third kappa shape index (κ3) is 2.87. The van der Waals surface area contributed by atoms with Crippen LogP contribution in [0.2, 0.25) is 0 Å². The van der Waals surface area contributed by atoms with Gasteiger partial charge in [-0.15, -0.1) is 0 Å². The highest BCUT2D eigenvalue weighted by atomic mass is 32.2. The Labute approximate surface area is 81.1 Å². The zero-order valence-corrected chi connectivity index (χ0v) is 7.77. The molecule has 0 heterocycles. The number of benzene rings is 1. The lowest BCUT2D eigenvalue weighted by Crippen LogP contribution is -2.01. The highest BCUT2D eigenvalue weighted by molar-refractivity contribution is 8.00. The van der Waals surface area contributed by atoms with E-state index in [1.54, 1.807) is 0 Å². The van der Waals surface area contributed by atoms with E-state index in [9.17, 15) is 22.0 Å². The van der Waals surface area contributed by atoms with Crippen molar-refractivity contribution in [3.8, 4) is 0 Å². The van der Waals surface area contributed by atoms with Crippen molar-refractivity contribution in [3.05, 3.63) is 29.3 Å². The molecule has 6 heteroatoms. The molecule has 0 N–H and O–H groups in total. The third-order valence-electron chi connectivity index (χ3n) is 1.49. The fraction of sp³-hybridized carbons (Fsp3) is 0.250. The molecule has 14 heavy (non-hydrogen) atoms. The molecule has 0 saturated heterocycles. The number of thioether (sulfide) groups is 1. The second kappa shape index (κ2) is 3.76. The van der Waals surface area contributed by atoms with Gasteiger partial charge in [-0.05, 0) is 30.3 Å². The number of hydrogen-bond donors (Lipinski definition) is 0. The first-order valence-electron chi connectivity index (χ1n) is 3.51. The van der Waals surface area contributed by atoms with Crippen molar-refractivity contribution < 1.29 is 22.0 Å². The summed E-state index contributed by atoms with van der Waals surface area (Å²) in [6, 6.07) is 1.21. The van der Waals surface area contributed by atoms with E-state index in [4.69, 9.17) is 0 Å². The molecule has 0 atom stereocenters. The monoisotopic (exact) mass is 228 g/mol. The fourth-order valence-electron chi connectivity index (χ4n) is 0.853. The third-order valence-corrected chi connectivity index (χ3v) is 2.36. The van der Waals surface area contributed by atoms with Crippen molar-refractivity contribution in [1.82, 2.24) is 0 Å². The normalized spacial score (nSPS) is 11.9. The predicted molar refractivity (Wildman–Crippen MR) is 43.0 cm³/mol. The average Bonchev–Trinajstić information content (AvgIpc) is 1.96. The maximum absolute atomic E-state index is 12.8. The summed E-state index contributed by atoms with van der Waals surface area (Å²) in [6.07, 6.45) is 0. The van der Waals surface area contributed by atoms with E-state index < -0.39 is 33.8 Å². The van der Waals surface area contributed by atoms with Crippen molar-refractivity contribution in [1.29, 1.82) is 0 Å². The molecule has 1 aromatic rings. The van der Waals surface area contributed by atoms with Gasteiger partial charge in [0.2, 0.25) is 0 Å². The Kier molecular flexibility index (Phi) is 3.04. The Hall–Kier alpha value is -0.780. The van der Waals surface area contributed by atoms with Crippen molar-refractivity contribution in [2.45, 2.75) is 17.3 Å². The smallest absolute Gasteiger partial charge is 0.207 e. The van der Waals surface area contributed by atoms with E-state index in [-0.39, 0.29) is 5.56 Å².